The van der Waals surface area contributed by atoms with Gasteiger partial charge in [0.25, 0.3) is 0 Å². The number of ether oxygens (including phenoxy) is 1. The fraction of sp³-hybridized carbons (Fsp3) is 0.348. The van der Waals surface area contributed by atoms with E-state index in [4.69, 9.17) is 4.74 Å². The minimum atomic E-state index is -3.56. The summed E-state index contributed by atoms with van der Waals surface area (Å²) in [6.45, 7) is 6.81. The molecule has 0 spiro atoms. The molecule has 3 aromatic rings. The SMILES string of the molecule is CCOC(=O)c1ccc(NC(=O)CCn2cnc3cc(S(=O)(=O)N(CC)CC)ccc32)cc1. The summed E-state index contributed by atoms with van der Waals surface area (Å²) in [7, 11) is -3.56. The first-order chi connectivity index (χ1) is 15.8. The van der Waals surface area contributed by atoms with Crippen molar-refractivity contribution in [1.29, 1.82) is 0 Å². The lowest BCUT2D eigenvalue weighted by atomic mass is 10.2. The minimum absolute atomic E-state index is 0.193. The number of carbonyl (C=O) groups is 2. The van der Waals surface area contributed by atoms with E-state index >= 15 is 0 Å². The summed E-state index contributed by atoms with van der Waals surface area (Å²) in [5.41, 5.74) is 2.30. The van der Waals surface area contributed by atoms with Crippen molar-refractivity contribution in [2.24, 2.45) is 0 Å². The van der Waals surface area contributed by atoms with Crippen molar-refractivity contribution in [1.82, 2.24) is 13.9 Å². The van der Waals surface area contributed by atoms with Crippen molar-refractivity contribution >= 4 is 38.6 Å². The molecular formula is C23H28N4O5S. The molecule has 10 heteroatoms. The summed E-state index contributed by atoms with van der Waals surface area (Å²) in [4.78, 5) is 28.6. The molecular weight excluding hydrogens is 444 g/mol. The van der Waals surface area contributed by atoms with Gasteiger partial charge >= 0.3 is 5.97 Å². The molecule has 0 atom stereocenters. The molecule has 0 aliphatic carbocycles. The van der Waals surface area contributed by atoms with Crippen LogP contribution in [0.4, 0.5) is 5.69 Å². The number of rotatable bonds is 10. The molecule has 9 nitrogen and oxygen atoms in total. The van der Waals surface area contributed by atoms with E-state index in [0.717, 1.165) is 5.52 Å². The number of sulfonamides is 1. The maximum Gasteiger partial charge on any atom is 0.338 e. The number of hydrogen-bond donors (Lipinski definition) is 1. The molecule has 1 heterocycles. The molecule has 3 rings (SSSR count). The molecule has 33 heavy (non-hydrogen) atoms. The number of aromatic nitrogens is 2. The van der Waals surface area contributed by atoms with E-state index in [9.17, 15) is 18.0 Å². The van der Waals surface area contributed by atoms with E-state index in [1.807, 2.05) is 4.57 Å². The smallest absolute Gasteiger partial charge is 0.338 e. The topological polar surface area (TPSA) is 111 Å². The number of nitrogens with one attached hydrogen (secondary N) is 1. The van der Waals surface area contributed by atoms with E-state index in [2.05, 4.69) is 10.3 Å². The normalized spacial score (nSPS) is 11.6. The Morgan fingerprint density at radius 2 is 1.76 bits per heavy atom. The second-order valence-electron chi connectivity index (χ2n) is 7.27. The maximum absolute atomic E-state index is 12.7. The number of imidazole rings is 1. The van der Waals surface area contributed by atoms with Gasteiger partial charge in [0.2, 0.25) is 15.9 Å². The van der Waals surface area contributed by atoms with Gasteiger partial charge in [-0.25, -0.2) is 18.2 Å². The van der Waals surface area contributed by atoms with Gasteiger partial charge in [-0.15, -0.1) is 0 Å². The molecule has 0 radical (unpaired) electrons. The first kappa shape index (κ1) is 24.4. The van der Waals surface area contributed by atoms with Crippen LogP contribution in [-0.2, 0) is 26.1 Å². The monoisotopic (exact) mass is 472 g/mol. The van der Waals surface area contributed by atoms with Crippen LogP contribution in [0.2, 0.25) is 0 Å². The molecule has 0 bridgehead atoms. The highest BCUT2D eigenvalue weighted by atomic mass is 32.2. The van der Waals surface area contributed by atoms with Crippen LogP contribution in [0.5, 0.6) is 0 Å². The van der Waals surface area contributed by atoms with Gasteiger partial charge in [-0.1, -0.05) is 13.8 Å². The summed E-state index contributed by atoms with van der Waals surface area (Å²) < 4.78 is 33.6. The Morgan fingerprint density at radius 1 is 1.06 bits per heavy atom. The molecule has 0 unspecified atom stereocenters. The Hall–Kier alpha value is -3.24. The summed E-state index contributed by atoms with van der Waals surface area (Å²) in [5.74, 6) is -0.600. The van der Waals surface area contributed by atoms with Gasteiger partial charge in [0.05, 0.1) is 34.4 Å². The number of anilines is 1. The predicted molar refractivity (Wildman–Crippen MR) is 125 cm³/mol. The number of amides is 1. The van der Waals surface area contributed by atoms with Gasteiger partial charge in [0, 0.05) is 31.7 Å². The van der Waals surface area contributed by atoms with Crippen LogP contribution in [0.25, 0.3) is 11.0 Å². The standard InChI is InChI=1S/C23H28N4O5S/c1-4-27(5-2)33(30,31)19-11-12-21-20(15-19)24-16-26(21)14-13-22(28)25-18-9-7-17(8-10-18)23(29)32-6-3/h7-12,15-16H,4-6,13-14H2,1-3H3,(H,25,28). The third kappa shape index (κ3) is 5.58. The van der Waals surface area contributed by atoms with Gasteiger partial charge < -0.3 is 14.6 Å². The van der Waals surface area contributed by atoms with Crippen LogP contribution in [-0.4, -0.2) is 53.8 Å². The highest BCUT2D eigenvalue weighted by Crippen LogP contribution is 2.21. The molecule has 0 aliphatic rings. The first-order valence-electron chi connectivity index (χ1n) is 10.8. The zero-order valence-corrected chi connectivity index (χ0v) is 19.8. The third-order valence-corrected chi connectivity index (χ3v) is 7.24. The maximum atomic E-state index is 12.7. The average Bonchev–Trinajstić information content (AvgIpc) is 3.21. The lowest BCUT2D eigenvalue weighted by Crippen LogP contribution is -2.30. The largest absolute Gasteiger partial charge is 0.462 e. The molecule has 1 amide bonds. The fourth-order valence-electron chi connectivity index (χ4n) is 3.44. The van der Waals surface area contributed by atoms with Crippen molar-refractivity contribution in [2.75, 3.05) is 25.0 Å². The molecule has 0 fully saturated rings. The number of fused-ring (bicyclic) bond motifs is 1. The lowest BCUT2D eigenvalue weighted by molar-refractivity contribution is -0.116. The van der Waals surface area contributed by atoms with Gasteiger partial charge in [-0.3, -0.25) is 4.79 Å². The quantitative estimate of drug-likeness (QED) is 0.454. The van der Waals surface area contributed by atoms with Crippen molar-refractivity contribution in [3.8, 4) is 0 Å². The summed E-state index contributed by atoms with van der Waals surface area (Å²) in [6.07, 6.45) is 1.80. The van der Waals surface area contributed by atoms with Crippen molar-refractivity contribution in [3.63, 3.8) is 0 Å². The van der Waals surface area contributed by atoms with E-state index in [0.29, 0.717) is 43.0 Å². The molecule has 1 N–H and O–H groups in total. The van der Waals surface area contributed by atoms with Gasteiger partial charge in [-0.05, 0) is 49.4 Å². The zero-order valence-electron chi connectivity index (χ0n) is 18.9. The second-order valence-corrected chi connectivity index (χ2v) is 9.21. The van der Waals surface area contributed by atoms with Crippen LogP contribution in [0.1, 0.15) is 37.6 Å². The van der Waals surface area contributed by atoms with Crippen molar-refractivity contribution < 1.29 is 22.7 Å². The Kier molecular flexibility index (Phi) is 7.83. The predicted octanol–water partition coefficient (Wildman–Crippen LogP) is 3.27. The molecule has 0 saturated heterocycles. The average molecular weight is 473 g/mol. The Balaban J connectivity index is 1.64. The van der Waals surface area contributed by atoms with Crippen molar-refractivity contribution in [2.45, 2.75) is 38.6 Å². The number of aryl methyl sites for hydroxylation is 1. The number of esters is 1. The highest BCUT2D eigenvalue weighted by molar-refractivity contribution is 7.89. The second kappa shape index (κ2) is 10.6. The van der Waals surface area contributed by atoms with Crippen molar-refractivity contribution in [3.05, 3.63) is 54.4 Å². The van der Waals surface area contributed by atoms with Crippen LogP contribution < -0.4 is 5.32 Å². The van der Waals surface area contributed by atoms with Gasteiger partial charge in [-0.2, -0.15) is 4.31 Å². The van der Waals surface area contributed by atoms with Crippen LogP contribution in [0.15, 0.2) is 53.7 Å². The Morgan fingerprint density at radius 3 is 2.39 bits per heavy atom. The summed E-state index contributed by atoms with van der Waals surface area (Å²) in [6, 6.07) is 11.3. The molecule has 1 aromatic heterocycles. The highest BCUT2D eigenvalue weighted by Gasteiger charge is 2.22. The van der Waals surface area contributed by atoms with Crippen LogP contribution in [0, 0.1) is 0 Å². The Labute approximate surface area is 193 Å². The molecule has 2 aromatic carbocycles. The van der Waals surface area contributed by atoms with Crippen LogP contribution in [0.3, 0.4) is 0 Å². The number of benzene rings is 2. The summed E-state index contributed by atoms with van der Waals surface area (Å²) in [5, 5.41) is 2.80. The first-order valence-corrected chi connectivity index (χ1v) is 12.3. The number of carbonyl (C=O) groups excluding carboxylic acids is 2. The zero-order chi connectivity index (χ0) is 24.0. The Bertz CT molecular complexity index is 1230. The number of hydrogen-bond acceptors (Lipinski definition) is 6. The minimum Gasteiger partial charge on any atom is -0.462 e. The van der Waals surface area contributed by atoms with Crippen LogP contribution >= 0.6 is 0 Å². The van der Waals surface area contributed by atoms with Gasteiger partial charge in [0.15, 0.2) is 0 Å². The fourth-order valence-corrected chi connectivity index (χ4v) is 4.92. The lowest BCUT2D eigenvalue weighted by Gasteiger charge is -2.18. The van der Waals surface area contributed by atoms with E-state index in [1.165, 1.54) is 4.31 Å². The van der Waals surface area contributed by atoms with E-state index in [-0.39, 0.29) is 17.2 Å². The molecule has 176 valence electrons. The molecule has 0 saturated carbocycles. The van der Waals surface area contributed by atoms with E-state index in [1.54, 1.807) is 69.6 Å². The van der Waals surface area contributed by atoms with E-state index < -0.39 is 16.0 Å². The third-order valence-electron chi connectivity index (χ3n) is 5.20. The van der Waals surface area contributed by atoms with Gasteiger partial charge in [0.1, 0.15) is 0 Å². The number of nitrogens with zero attached hydrogens (tertiary/aromatic N) is 3. The summed E-state index contributed by atoms with van der Waals surface area (Å²) >= 11 is 0. The molecule has 0 aliphatic heterocycles.